The van der Waals surface area contributed by atoms with Crippen LogP contribution in [0, 0.1) is 0 Å². The van der Waals surface area contributed by atoms with Crippen molar-refractivity contribution >= 4 is 23.9 Å². The van der Waals surface area contributed by atoms with Crippen molar-refractivity contribution in [2.45, 2.75) is 37.4 Å². The number of ether oxygens (including phenoxy) is 1. The van der Waals surface area contributed by atoms with Gasteiger partial charge >= 0.3 is 23.9 Å². The van der Waals surface area contributed by atoms with Gasteiger partial charge in [0.2, 0.25) is 0 Å². The summed E-state index contributed by atoms with van der Waals surface area (Å²) in [7, 11) is 0. The molecule has 0 amide bonds. The molecule has 0 spiro atoms. The molecule has 9 heteroatoms. The van der Waals surface area contributed by atoms with Crippen LogP contribution in [0.25, 0.3) is 0 Å². The Morgan fingerprint density at radius 2 is 1.73 bits per heavy atom. The van der Waals surface area contributed by atoms with Crippen LogP contribution in [-0.4, -0.2) is 58.8 Å². The fourth-order valence-corrected chi connectivity index (χ4v) is 2.58. The molecule has 1 aromatic carbocycles. The predicted molar refractivity (Wildman–Crippen MR) is 88.5 cm³/mol. The molecule has 0 aromatic heterocycles. The third kappa shape index (κ3) is 5.64. The maximum absolute atomic E-state index is 11.9. The van der Waals surface area contributed by atoms with Crippen LogP contribution in [0.5, 0.6) is 0 Å². The molecule has 0 radical (unpaired) electrons. The molecule has 2 unspecified atom stereocenters. The molecular formula is C17H20N2O7. The topological polar surface area (TPSA) is 142 Å². The lowest BCUT2D eigenvalue weighted by Crippen LogP contribution is -2.60. The van der Waals surface area contributed by atoms with Crippen LogP contribution in [0.2, 0.25) is 0 Å². The van der Waals surface area contributed by atoms with Crippen LogP contribution >= 0.6 is 0 Å². The van der Waals surface area contributed by atoms with Gasteiger partial charge in [-0.05, 0) is 25.0 Å². The maximum atomic E-state index is 11.9. The summed E-state index contributed by atoms with van der Waals surface area (Å²) in [5.74, 6) is -4.05. The van der Waals surface area contributed by atoms with Gasteiger partial charge in [0.25, 0.3) is 0 Å². The first-order valence-corrected chi connectivity index (χ1v) is 8.11. The van der Waals surface area contributed by atoms with E-state index in [4.69, 9.17) is 5.11 Å². The van der Waals surface area contributed by atoms with Gasteiger partial charge in [0.15, 0.2) is 0 Å². The van der Waals surface area contributed by atoms with E-state index in [9.17, 15) is 24.3 Å². The van der Waals surface area contributed by atoms with E-state index in [1.807, 2.05) is 0 Å². The molecular weight excluding hydrogens is 344 g/mol. The van der Waals surface area contributed by atoms with Crippen molar-refractivity contribution in [3.05, 3.63) is 35.9 Å². The molecule has 0 heterocycles. The fraction of sp³-hybridized carbons (Fsp3) is 0.412. The minimum Gasteiger partial charge on any atom is -0.480 e. The molecule has 2 rings (SSSR count). The third-order valence-corrected chi connectivity index (χ3v) is 4.09. The van der Waals surface area contributed by atoms with Gasteiger partial charge in [-0.15, -0.1) is 0 Å². The molecule has 1 fully saturated rings. The lowest BCUT2D eigenvalue weighted by atomic mass is 9.85. The molecule has 3 atom stereocenters. The molecule has 1 saturated carbocycles. The summed E-state index contributed by atoms with van der Waals surface area (Å²) in [6.45, 7) is -0.228. The Kier molecular flexibility index (Phi) is 6.81. The van der Waals surface area contributed by atoms with Gasteiger partial charge < -0.3 is 20.3 Å². The average molecular weight is 364 g/mol. The number of esters is 2. The number of aliphatic carboxylic acids is 2. The average Bonchev–Trinajstić information content (AvgIpc) is 2.57. The predicted octanol–water partition coefficient (Wildman–Crippen LogP) is 0.00810. The van der Waals surface area contributed by atoms with Crippen LogP contribution in [0.3, 0.4) is 0 Å². The van der Waals surface area contributed by atoms with E-state index < -0.39 is 36.3 Å². The van der Waals surface area contributed by atoms with Crippen molar-refractivity contribution in [2.75, 3.05) is 6.54 Å². The monoisotopic (exact) mass is 364 g/mol. The highest BCUT2D eigenvalue weighted by atomic mass is 16.6. The number of hydrogen-bond acceptors (Lipinski definition) is 7. The number of hydrogen-bond donors (Lipinski definition) is 4. The summed E-state index contributed by atoms with van der Waals surface area (Å²) in [4.78, 5) is 45.7. The van der Waals surface area contributed by atoms with Crippen molar-refractivity contribution in [2.24, 2.45) is 0 Å². The fourth-order valence-electron chi connectivity index (χ4n) is 2.58. The highest BCUT2D eigenvalue weighted by Crippen LogP contribution is 2.21. The first kappa shape index (κ1) is 19.5. The van der Waals surface area contributed by atoms with Gasteiger partial charge in [-0.25, -0.2) is 4.79 Å². The number of carboxylic acids is 2. The van der Waals surface area contributed by atoms with Crippen molar-refractivity contribution in [1.82, 2.24) is 10.6 Å². The van der Waals surface area contributed by atoms with E-state index in [2.05, 4.69) is 15.4 Å². The summed E-state index contributed by atoms with van der Waals surface area (Å²) in [5.41, 5.74) is 0.192. The highest BCUT2D eigenvalue weighted by Gasteiger charge is 2.35. The van der Waals surface area contributed by atoms with Crippen molar-refractivity contribution in [3.63, 3.8) is 0 Å². The molecule has 140 valence electrons. The quantitative estimate of drug-likeness (QED) is 0.352. The molecule has 0 bridgehead atoms. The Labute approximate surface area is 149 Å². The lowest BCUT2D eigenvalue weighted by molar-refractivity contribution is -0.146. The van der Waals surface area contributed by atoms with Gasteiger partial charge in [0.05, 0.1) is 18.5 Å². The molecule has 26 heavy (non-hydrogen) atoms. The van der Waals surface area contributed by atoms with E-state index in [-0.39, 0.29) is 24.2 Å². The molecule has 9 nitrogen and oxygen atoms in total. The normalized spacial score (nSPS) is 19.8. The van der Waals surface area contributed by atoms with Gasteiger partial charge in [0, 0.05) is 12.1 Å². The smallest absolute Gasteiger partial charge is 0.345 e. The first-order valence-electron chi connectivity index (χ1n) is 8.11. The molecule has 1 aliphatic carbocycles. The summed E-state index contributed by atoms with van der Waals surface area (Å²) in [6, 6.07) is 6.21. The van der Waals surface area contributed by atoms with E-state index in [0.29, 0.717) is 12.8 Å². The Balaban J connectivity index is 1.85. The number of carboxylic acid groups (broad SMARTS) is 2. The molecule has 1 aromatic rings. The number of rotatable bonds is 9. The number of carbonyl (C=O) groups is 4. The molecule has 0 saturated heterocycles. The zero-order chi connectivity index (χ0) is 19.1. The second-order valence-electron chi connectivity index (χ2n) is 5.95. The Morgan fingerprint density at radius 1 is 1.08 bits per heavy atom. The molecule has 4 N–H and O–H groups in total. The SMILES string of the molecule is O=C(O)CNC1CCC1N[C@@H](CC(=O)OC(=O)c1ccccc1)C(=O)O. The Morgan fingerprint density at radius 3 is 2.27 bits per heavy atom. The van der Waals surface area contributed by atoms with E-state index in [0.717, 1.165) is 0 Å². The largest absolute Gasteiger partial charge is 0.480 e. The van der Waals surface area contributed by atoms with E-state index in [1.54, 1.807) is 18.2 Å². The number of carbonyl (C=O) groups excluding carboxylic acids is 2. The van der Waals surface area contributed by atoms with Crippen LogP contribution in [-0.2, 0) is 19.1 Å². The highest BCUT2D eigenvalue weighted by molar-refractivity contribution is 5.97. The summed E-state index contributed by atoms with van der Waals surface area (Å²) in [5, 5.41) is 23.5. The van der Waals surface area contributed by atoms with Crippen molar-refractivity contribution in [1.29, 1.82) is 0 Å². The van der Waals surface area contributed by atoms with Gasteiger partial charge in [-0.1, -0.05) is 18.2 Å². The Hall–Kier alpha value is -2.78. The van der Waals surface area contributed by atoms with Gasteiger partial charge in [-0.3, -0.25) is 19.7 Å². The zero-order valence-corrected chi connectivity index (χ0v) is 13.9. The van der Waals surface area contributed by atoms with Gasteiger partial charge in [-0.2, -0.15) is 0 Å². The van der Waals surface area contributed by atoms with Crippen LogP contribution in [0.15, 0.2) is 30.3 Å². The van der Waals surface area contributed by atoms with Gasteiger partial charge in [0.1, 0.15) is 6.04 Å². The molecule has 0 aliphatic heterocycles. The summed E-state index contributed by atoms with van der Waals surface area (Å²) in [6.07, 6.45) is 0.837. The maximum Gasteiger partial charge on any atom is 0.345 e. The summed E-state index contributed by atoms with van der Waals surface area (Å²) >= 11 is 0. The zero-order valence-electron chi connectivity index (χ0n) is 13.9. The van der Waals surface area contributed by atoms with Crippen molar-refractivity contribution < 1.29 is 34.1 Å². The minimum atomic E-state index is -1.25. The van der Waals surface area contributed by atoms with E-state index in [1.165, 1.54) is 12.1 Å². The molecule has 1 aliphatic rings. The van der Waals surface area contributed by atoms with Crippen LogP contribution in [0.1, 0.15) is 29.6 Å². The third-order valence-electron chi connectivity index (χ3n) is 4.09. The Bertz CT molecular complexity index is 677. The standard InChI is InChI=1S/C17H20N2O7/c20-14(21)9-18-11-6-7-12(11)19-13(16(23)24)8-15(22)26-17(25)10-4-2-1-3-5-10/h1-5,11-13,18-19H,6-9H2,(H,20,21)(H,23,24)/t11?,12?,13-/m0/s1. The van der Waals surface area contributed by atoms with Crippen molar-refractivity contribution in [3.8, 4) is 0 Å². The second-order valence-corrected chi connectivity index (χ2v) is 5.95. The first-order chi connectivity index (χ1) is 12.4. The van der Waals surface area contributed by atoms with E-state index >= 15 is 0 Å². The second kappa shape index (κ2) is 9.07. The lowest BCUT2D eigenvalue weighted by Gasteiger charge is -2.39. The van der Waals surface area contributed by atoms with Crippen LogP contribution < -0.4 is 10.6 Å². The summed E-state index contributed by atoms with van der Waals surface area (Å²) < 4.78 is 4.68. The number of benzene rings is 1. The minimum absolute atomic E-state index is 0.185. The number of nitrogens with one attached hydrogen (secondary N) is 2. The van der Waals surface area contributed by atoms with Crippen LogP contribution in [0.4, 0.5) is 0 Å².